The summed E-state index contributed by atoms with van der Waals surface area (Å²) in [5.41, 5.74) is 0.810. The number of hydrogen-bond donors (Lipinski definition) is 0. The normalized spacial score (nSPS) is 8.80. The molecule has 0 aromatic carbocycles. The first-order valence-electron chi connectivity index (χ1n) is 2.76. The quantitative estimate of drug-likeness (QED) is 0.631. The Labute approximate surface area is 67.9 Å². The highest BCUT2D eigenvalue weighted by molar-refractivity contribution is 9.10. The molecule has 0 aliphatic carbocycles. The van der Waals surface area contributed by atoms with E-state index in [0.717, 1.165) is 10.2 Å². The molecular weight excluding hydrogens is 192 g/mol. The molecule has 0 fully saturated rings. The van der Waals surface area contributed by atoms with Gasteiger partial charge in [-0.1, -0.05) is 15.9 Å². The average molecular weight is 197 g/mol. The maximum atomic E-state index is 6.58. The van der Waals surface area contributed by atoms with Gasteiger partial charge in [-0.2, -0.15) is 0 Å². The van der Waals surface area contributed by atoms with Crippen LogP contribution in [0.5, 0.6) is 0 Å². The predicted octanol–water partition coefficient (Wildman–Crippen LogP) is 2.26. The molecule has 1 aromatic heterocycles. The van der Waals surface area contributed by atoms with Crippen LogP contribution in [-0.2, 0) is 6.54 Å². The van der Waals surface area contributed by atoms with Crippen molar-refractivity contribution in [2.45, 2.75) is 6.54 Å². The lowest BCUT2D eigenvalue weighted by molar-refractivity contribution is 1.10. The Bertz CT molecular complexity index is 265. The van der Waals surface area contributed by atoms with Gasteiger partial charge in [0, 0.05) is 10.7 Å². The zero-order valence-corrected chi connectivity index (χ0v) is 6.80. The number of rotatable bonds is 1. The largest absolute Gasteiger partial charge is 0.310 e. The van der Waals surface area contributed by atoms with Gasteiger partial charge in [0.15, 0.2) is 0 Å². The van der Waals surface area contributed by atoms with E-state index in [1.54, 1.807) is 6.20 Å². The van der Waals surface area contributed by atoms with Gasteiger partial charge >= 0.3 is 0 Å². The van der Waals surface area contributed by atoms with Gasteiger partial charge in [0.05, 0.1) is 0 Å². The molecule has 2 nitrogen and oxygen atoms in total. The number of aromatic nitrogens is 1. The molecule has 0 N–H and O–H groups in total. The molecule has 0 bridgehead atoms. The minimum absolute atomic E-state index is 0.361. The molecule has 1 aromatic rings. The van der Waals surface area contributed by atoms with Crippen LogP contribution in [0.25, 0.3) is 4.85 Å². The van der Waals surface area contributed by atoms with Crippen molar-refractivity contribution < 1.29 is 0 Å². The third-order valence-electron chi connectivity index (χ3n) is 1.02. The number of halogens is 1. The van der Waals surface area contributed by atoms with Crippen molar-refractivity contribution in [3.8, 4) is 0 Å². The summed E-state index contributed by atoms with van der Waals surface area (Å²) in [6.07, 6.45) is 1.69. The van der Waals surface area contributed by atoms with Crippen LogP contribution in [0.3, 0.4) is 0 Å². The topological polar surface area (TPSA) is 17.2 Å². The SMILES string of the molecule is [C-]#[N+]Cc1cc(Br)ccn1. The third kappa shape index (κ3) is 1.82. The van der Waals surface area contributed by atoms with Gasteiger partial charge in [-0.25, -0.2) is 6.57 Å². The lowest BCUT2D eigenvalue weighted by Gasteiger charge is -1.90. The molecule has 1 heterocycles. The van der Waals surface area contributed by atoms with E-state index in [1.165, 1.54) is 0 Å². The molecular formula is C7H5BrN2. The summed E-state index contributed by atoms with van der Waals surface area (Å²) in [4.78, 5) is 7.20. The summed E-state index contributed by atoms with van der Waals surface area (Å²) in [7, 11) is 0. The smallest absolute Gasteiger partial charge is 0.256 e. The van der Waals surface area contributed by atoms with Crippen LogP contribution in [0.2, 0.25) is 0 Å². The lowest BCUT2D eigenvalue weighted by Crippen LogP contribution is -1.83. The molecule has 0 radical (unpaired) electrons. The standard InChI is InChI=1S/C7H5BrN2/c1-9-5-7-4-6(8)2-3-10-7/h2-4H,5H2. The van der Waals surface area contributed by atoms with Crippen molar-refractivity contribution in [3.63, 3.8) is 0 Å². The van der Waals surface area contributed by atoms with Gasteiger partial charge in [0.25, 0.3) is 6.54 Å². The van der Waals surface area contributed by atoms with Crippen LogP contribution in [0.1, 0.15) is 5.69 Å². The Morgan fingerprint density at radius 3 is 3.10 bits per heavy atom. The molecule has 0 saturated heterocycles. The number of pyridine rings is 1. The van der Waals surface area contributed by atoms with E-state index in [4.69, 9.17) is 6.57 Å². The summed E-state index contributed by atoms with van der Waals surface area (Å²) < 4.78 is 0.973. The molecule has 3 heteroatoms. The van der Waals surface area contributed by atoms with Crippen molar-refractivity contribution in [3.05, 3.63) is 39.9 Å². The molecule has 0 saturated carbocycles. The highest BCUT2D eigenvalue weighted by Gasteiger charge is 1.95. The second-order valence-electron chi connectivity index (χ2n) is 1.78. The summed E-state index contributed by atoms with van der Waals surface area (Å²) >= 11 is 3.29. The summed E-state index contributed by atoms with van der Waals surface area (Å²) in [6.45, 7) is 6.94. The van der Waals surface area contributed by atoms with Gasteiger partial charge < -0.3 is 4.85 Å². The lowest BCUT2D eigenvalue weighted by atomic mass is 10.4. The van der Waals surface area contributed by atoms with Crippen molar-refractivity contribution in [2.75, 3.05) is 0 Å². The van der Waals surface area contributed by atoms with Crippen LogP contribution in [-0.4, -0.2) is 4.98 Å². The minimum Gasteiger partial charge on any atom is -0.310 e. The Balaban J connectivity index is 2.87. The monoisotopic (exact) mass is 196 g/mol. The van der Waals surface area contributed by atoms with Crippen molar-refractivity contribution >= 4 is 15.9 Å². The third-order valence-corrected chi connectivity index (χ3v) is 1.51. The predicted molar refractivity (Wildman–Crippen MR) is 42.2 cm³/mol. The minimum atomic E-state index is 0.361. The first kappa shape index (κ1) is 7.23. The average Bonchev–Trinajstić information content (AvgIpc) is 1.88. The van der Waals surface area contributed by atoms with Crippen LogP contribution in [0.4, 0.5) is 0 Å². The second kappa shape index (κ2) is 3.33. The van der Waals surface area contributed by atoms with Crippen molar-refractivity contribution in [1.29, 1.82) is 0 Å². The van der Waals surface area contributed by atoms with E-state index in [2.05, 4.69) is 25.8 Å². The zero-order valence-electron chi connectivity index (χ0n) is 5.21. The molecule has 0 amide bonds. The van der Waals surface area contributed by atoms with E-state index in [9.17, 15) is 0 Å². The van der Waals surface area contributed by atoms with E-state index in [1.807, 2.05) is 12.1 Å². The van der Waals surface area contributed by atoms with E-state index < -0.39 is 0 Å². The second-order valence-corrected chi connectivity index (χ2v) is 2.70. The van der Waals surface area contributed by atoms with Crippen molar-refractivity contribution in [1.82, 2.24) is 4.98 Å². The maximum absolute atomic E-state index is 6.58. The Kier molecular flexibility index (Phi) is 2.41. The first-order chi connectivity index (χ1) is 4.83. The molecule has 0 unspecified atom stereocenters. The van der Waals surface area contributed by atoms with Gasteiger partial charge in [-0.05, 0) is 12.1 Å². The Morgan fingerprint density at radius 2 is 2.50 bits per heavy atom. The Morgan fingerprint density at radius 1 is 1.70 bits per heavy atom. The fourth-order valence-electron chi connectivity index (χ4n) is 0.616. The summed E-state index contributed by atoms with van der Waals surface area (Å²) in [6, 6.07) is 3.69. The molecule has 0 atom stereocenters. The number of nitrogens with zero attached hydrogens (tertiary/aromatic N) is 2. The van der Waals surface area contributed by atoms with Gasteiger partial charge in [0.1, 0.15) is 5.69 Å². The molecule has 1 rings (SSSR count). The van der Waals surface area contributed by atoms with Gasteiger partial charge in [-0.15, -0.1) is 0 Å². The van der Waals surface area contributed by atoms with Crippen molar-refractivity contribution in [2.24, 2.45) is 0 Å². The molecule has 0 aliphatic heterocycles. The van der Waals surface area contributed by atoms with Gasteiger partial charge in [-0.3, -0.25) is 4.98 Å². The van der Waals surface area contributed by atoms with Crippen LogP contribution in [0.15, 0.2) is 22.8 Å². The fraction of sp³-hybridized carbons (Fsp3) is 0.143. The highest BCUT2D eigenvalue weighted by Crippen LogP contribution is 2.09. The fourth-order valence-corrected chi connectivity index (χ4v) is 0.999. The van der Waals surface area contributed by atoms with E-state index in [-0.39, 0.29) is 0 Å². The first-order valence-corrected chi connectivity index (χ1v) is 3.56. The number of hydrogen-bond acceptors (Lipinski definition) is 1. The molecule has 0 spiro atoms. The summed E-state index contributed by atoms with van der Waals surface area (Å²) in [5.74, 6) is 0. The van der Waals surface area contributed by atoms with Gasteiger partial charge in [0.2, 0.25) is 0 Å². The van der Waals surface area contributed by atoms with Crippen LogP contribution < -0.4 is 0 Å². The van der Waals surface area contributed by atoms with E-state index in [0.29, 0.717) is 6.54 Å². The maximum Gasteiger partial charge on any atom is 0.256 e. The highest BCUT2D eigenvalue weighted by atomic mass is 79.9. The Hall–Kier alpha value is -0.880. The zero-order chi connectivity index (χ0) is 7.40. The molecule has 50 valence electrons. The van der Waals surface area contributed by atoms with Crippen LogP contribution >= 0.6 is 15.9 Å². The van der Waals surface area contributed by atoms with E-state index >= 15 is 0 Å². The summed E-state index contributed by atoms with van der Waals surface area (Å²) in [5, 5.41) is 0. The molecule has 0 aliphatic rings. The van der Waals surface area contributed by atoms with Crippen LogP contribution in [0, 0.1) is 6.57 Å². The molecule has 10 heavy (non-hydrogen) atoms.